The molecule has 0 atom stereocenters. The molecule has 1 fully saturated rings. The average molecular weight is 586 g/mol. The maximum absolute atomic E-state index is 12.7. The second-order valence-corrected chi connectivity index (χ2v) is 9.60. The van der Waals surface area contributed by atoms with E-state index in [1.165, 1.54) is 24.3 Å². The van der Waals surface area contributed by atoms with Crippen LogP contribution >= 0.6 is 0 Å². The molecule has 6 nitrogen and oxygen atoms in total. The van der Waals surface area contributed by atoms with Crippen molar-refractivity contribution in [2.75, 3.05) is 27.3 Å². The second-order valence-electron chi connectivity index (χ2n) is 9.60. The Balaban J connectivity index is 1.60. The monoisotopic (exact) mass is 585 g/mol. The fraction of sp³-hybridized carbons (Fsp3) is 0.379. The number of alkyl halides is 6. The summed E-state index contributed by atoms with van der Waals surface area (Å²) in [6, 6.07) is 15.2. The highest BCUT2D eigenvalue weighted by molar-refractivity contribution is 5.45. The van der Waals surface area contributed by atoms with Gasteiger partial charge in [0.1, 0.15) is 28.6 Å². The summed E-state index contributed by atoms with van der Waals surface area (Å²) < 4.78 is 95.1. The number of likely N-dealkylation sites (tertiary alicyclic amines) is 1. The predicted octanol–water partition coefficient (Wildman–Crippen LogP) is 6.65. The Bertz CT molecular complexity index is 1210. The van der Waals surface area contributed by atoms with Crippen LogP contribution in [-0.2, 0) is 12.1 Å². The van der Waals surface area contributed by atoms with E-state index in [1.54, 1.807) is 14.2 Å². The van der Waals surface area contributed by atoms with E-state index >= 15 is 0 Å². The van der Waals surface area contributed by atoms with Gasteiger partial charge < -0.3 is 24.1 Å². The van der Waals surface area contributed by atoms with E-state index in [0.717, 1.165) is 29.8 Å². The van der Waals surface area contributed by atoms with Gasteiger partial charge >= 0.3 is 12.7 Å². The van der Waals surface area contributed by atoms with Gasteiger partial charge in [0.2, 0.25) is 0 Å². The molecule has 1 N–H and O–H groups in total. The van der Waals surface area contributed by atoms with Gasteiger partial charge in [0.25, 0.3) is 0 Å². The lowest BCUT2D eigenvalue weighted by Gasteiger charge is -2.42. The van der Waals surface area contributed by atoms with Crippen LogP contribution in [0.25, 0.3) is 0 Å². The lowest BCUT2D eigenvalue weighted by atomic mass is 9.72. The average Bonchev–Trinajstić information content (AvgIpc) is 2.92. The molecule has 222 valence electrons. The zero-order valence-corrected chi connectivity index (χ0v) is 22.3. The third-order valence-electron chi connectivity index (χ3n) is 7.15. The van der Waals surface area contributed by atoms with Crippen LogP contribution in [0.5, 0.6) is 23.0 Å². The van der Waals surface area contributed by atoms with E-state index < -0.39 is 35.7 Å². The molecule has 0 spiro atoms. The molecule has 1 aliphatic rings. The summed E-state index contributed by atoms with van der Waals surface area (Å²) in [5.74, 6) is 0.00824. The first-order valence-corrected chi connectivity index (χ1v) is 12.7. The minimum absolute atomic E-state index is 0.279. The molecule has 12 heteroatoms. The van der Waals surface area contributed by atoms with Crippen molar-refractivity contribution < 1.29 is 50.4 Å². The Morgan fingerprint density at radius 2 is 1.12 bits per heavy atom. The Morgan fingerprint density at radius 1 is 0.707 bits per heavy atom. The molecule has 0 unspecified atom stereocenters. The first-order valence-electron chi connectivity index (χ1n) is 12.7. The minimum atomic E-state index is -4.89. The van der Waals surface area contributed by atoms with Gasteiger partial charge in [0, 0.05) is 6.54 Å². The Kier molecular flexibility index (Phi) is 8.93. The lowest BCUT2D eigenvalue weighted by molar-refractivity contribution is -0.275. The first kappa shape index (κ1) is 30.3. The molecule has 0 radical (unpaired) electrons. The summed E-state index contributed by atoms with van der Waals surface area (Å²) in [5.41, 5.74) is -0.295. The van der Waals surface area contributed by atoms with Gasteiger partial charge in [-0.2, -0.15) is 0 Å². The number of hydrogen-bond acceptors (Lipinski definition) is 6. The van der Waals surface area contributed by atoms with Crippen molar-refractivity contribution in [2.45, 2.75) is 37.7 Å². The van der Waals surface area contributed by atoms with Crippen molar-refractivity contribution >= 4 is 0 Å². The van der Waals surface area contributed by atoms with Crippen LogP contribution in [0, 0.1) is 5.92 Å². The summed E-state index contributed by atoms with van der Waals surface area (Å²) in [7, 11) is 3.14. The first-order chi connectivity index (χ1) is 19.3. The van der Waals surface area contributed by atoms with Crippen molar-refractivity contribution in [3.05, 3.63) is 83.4 Å². The van der Waals surface area contributed by atoms with Crippen molar-refractivity contribution in [3.63, 3.8) is 0 Å². The largest absolute Gasteiger partial charge is 0.573 e. The highest BCUT2D eigenvalue weighted by Crippen LogP contribution is 2.44. The summed E-state index contributed by atoms with van der Waals surface area (Å²) in [6.45, 7) is 1.63. The molecule has 1 saturated heterocycles. The number of ether oxygens (including phenoxy) is 4. The van der Waals surface area contributed by atoms with Crippen molar-refractivity contribution in [3.8, 4) is 23.0 Å². The molecule has 1 aliphatic heterocycles. The normalized spacial score (nSPS) is 15.4. The predicted molar refractivity (Wildman–Crippen MR) is 137 cm³/mol. The Hall–Kier alpha value is -3.64. The summed E-state index contributed by atoms with van der Waals surface area (Å²) in [6.07, 6.45) is -8.81. The number of benzene rings is 3. The molecule has 0 saturated carbocycles. The maximum atomic E-state index is 12.7. The van der Waals surface area contributed by atoms with Crippen LogP contribution in [0.15, 0.2) is 66.7 Å². The maximum Gasteiger partial charge on any atom is 0.573 e. The van der Waals surface area contributed by atoms with Crippen LogP contribution in [-0.4, -0.2) is 50.0 Å². The van der Waals surface area contributed by atoms with Gasteiger partial charge in [0.15, 0.2) is 0 Å². The summed E-state index contributed by atoms with van der Waals surface area (Å²) in [4.78, 5) is 2.16. The number of piperidine rings is 1. The number of nitrogens with zero attached hydrogens (tertiary/aromatic N) is 1. The van der Waals surface area contributed by atoms with Crippen LogP contribution in [0.1, 0.15) is 29.5 Å². The zero-order chi connectivity index (χ0) is 29.8. The van der Waals surface area contributed by atoms with Crippen molar-refractivity contribution in [1.82, 2.24) is 4.90 Å². The SMILES string of the molecule is COc1cccc(OC)c1CN1CCC(C(O)(c2ccc(OC(F)(F)F)cc2)c2ccc(OC(F)(F)F)cc2)CC1. The van der Waals surface area contributed by atoms with Crippen LogP contribution in [0.2, 0.25) is 0 Å². The smallest absolute Gasteiger partial charge is 0.496 e. The van der Waals surface area contributed by atoms with E-state index in [0.29, 0.717) is 44.0 Å². The topological polar surface area (TPSA) is 60.4 Å². The van der Waals surface area contributed by atoms with Gasteiger partial charge in [-0.1, -0.05) is 30.3 Å². The molecule has 3 aromatic carbocycles. The Morgan fingerprint density at radius 3 is 1.49 bits per heavy atom. The van der Waals surface area contributed by atoms with Gasteiger partial charge in [-0.25, -0.2) is 0 Å². The number of hydrogen-bond donors (Lipinski definition) is 1. The molecule has 0 amide bonds. The molecule has 0 aromatic heterocycles. The molecule has 0 aliphatic carbocycles. The quantitative estimate of drug-likeness (QED) is 0.284. The summed E-state index contributed by atoms with van der Waals surface area (Å²) >= 11 is 0. The molecule has 4 rings (SSSR count). The van der Waals surface area contributed by atoms with E-state index in [9.17, 15) is 31.4 Å². The molecular formula is C29H29F6NO5. The highest BCUT2D eigenvalue weighted by Gasteiger charge is 2.42. The minimum Gasteiger partial charge on any atom is -0.496 e. The van der Waals surface area contributed by atoms with E-state index in [2.05, 4.69) is 14.4 Å². The van der Waals surface area contributed by atoms with Crippen molar-refractivity contribution in [1.29, 1.82) is 0 Å². The standard InChI is InChI=1S/C29H29F6NO5/c1-38-25-4-3-5-26(39-2)24(25)18-36-16-14-21(15-17-36)27(37,19-6-10-22(11-7-19)40-28(30,31)32)20-8-12-23(13-9-20)41-29(33,34)35/h3-13,21,37H,14-18H2,1-2H3. The van der Waals surface area contributed by atoms with Gasteiger partial charge in [0.05, 0.1) is 19.8 Å². The molecule has 1 heterocycles. The Labute approximate surface area is 233 Å². The third-order valence-corrected chi connectivity index (χ3v) is 7.15. The molecule has 41 heavy (non-hydrogen) atoms. The van der Waals surface area contributed by atoms with Crippen LogP contribution in [0.3, 0.4) is 0 Å². The zero-order valence-electron chi connectivity index (χ0n) is 22.3. The fourth-order valence-corrected chi connectivity index (χ4v) is 5.28. The molecule has 3 aromatic rings. The van der Waals surface area contributed by atoms with Crippen LogP contribution in [0.4, 0.5) is 26.3 Å². The second kappa shape index (κ2) is 12.1. The highest BCUT2D eigenvalue weighted by atomic mass is 19.4. The molecular weight excluding hydrogens is 556 g/mol. The van der Waals surface area contributed by atoms with Gasteiger partial charge in [-0.3, -0.25) is 4.90 Å². The number of halogens is 6. The van der Waals surface area contributed by atoms with E-state index in [-0.39, 0.29) is 11.1 Å². The van der Waals surface area contributed by atoms with Gasteiger partial charge in [-0.05, 0) is 79.4 Å². The third kappa shape index (κ3) is 7.36. The van der Waals surface area contributed by atoms with Crippen molar-refractivity contribution in [2.24, 2.45) is 5.92 Å². The van der Waals surface area contributed by atoms with E-state index in [4.69, 9.17) is 9.47 Å². The number of rotatable bonds is 9. The molecule has 0 bridgehead atoms. The lowest BCUT2D eigenvalue weighted by Crippen LogP contribution is -2.44. The van der Waals surface area contributed by atoms with Gasteiger partial charge in [-0.15, -0.1) is 26.3 Å². The number of methoxy groups -OCH3 is 2. The number of aliphatic hydroxyl groups is 1. The fourth-order valence-electron chi connectivity index (χ4n) is 5.28. The summed E-state index contributed by atoms with van der Waals surface area (Å²) in [5, 5.41) is 12.2. The van der Waals surface area contributed by atoms with Crippen LogP contribution < -0.4 is 18.9 Å². The van der Waals surface area contributed by atoms with E-state index in [1.807, 2.05) is 18.2 Å².